The molecule has 0 atom stereocenters. The van der Waals surface area contributed by atoms with Gasteiger partial charge in [0.05, 0.1) is 0 Å². The number of aliphatic hydroxyl groups is 2. The first kappa shape index (κ1) is 14.9. The SMILES string of the molecule is O=C1C=C(O)C(=O)C=C1O.Oc1cc(O)c(O)cc1O. The molecule has 6 N–H and O–H groups in total. The number of aromatic hydroxyl groups is 4. The van der Waals surface area contributed by atoms with Gasteiger partial charge in [0.1, 0.15) is 0 Å². The highest BCUT2D eigenvalue weighted by Crippen LogP contribution is 2.35. The fourth-order valence-electron chi connectivity index (χ4n) is 1.09. The Balaban J connectivity index is 0.000000200. The third kappa shape index (κ3) is 3.42. The first-order chi connectivity index (χ1) is 9.22. The van der Waals surface area contributed by atoms with Gasteiger partial charge in [-0.2, -0.15) is 0 Å². The lowest BCUT2D eigenvalue weighted by Crippen LogP contribution is -2.12. The standard InChI is InChI=1S/C6H6O4.C6H4O4/c2*7-3-1-4(8)6(10)2-5(3)9/h1-2,7-10H;1-2,7,10H. The van der Waals surface area contributed by atoms with E-state index in [1.165, 1.54) is 0 Å². The zero-order chi connectivity index (χ0) is 15.4. The van der Waals surface area contributed by atoms with E-state index in [0.717, 1.165) is 12.1 Å². The normalized spacial score (nSPS) is 14.0. The van der Waals surface area contributed by atoms with Gasteiger partial charge < -0.3 is 30.6 Å². The summed E-state index contributed by atoms with van der Waals surface area (Å²) in [6.07, 6.45) is 1.36. The van der Waals surface area contributed by atoms with E-state index in [1.54, 1.807) is 0 Å². The molecule has 0 bridgehead atoms. The predicted molar refractivity (Wildman–Crippen MR) is 64.5 cm³/mol. The highest BCUT2D eigenvalue weighted by atomic mass is 16.3. The number of phenols is 4. The number of rotatable bonds is 0. The van der Waals surface area contributed by atoms with Crippen LogP contribution in [0, 0.1) is 0 Å². The Morgan fingerprint density at radius 3 is 1.05 bits per heavy atom. The second-order valence-electron chi connectivity index (χ2n) is 3.62. The summed E-state index contributed by atoms with van der Waals surface area (Å²) in [5.41, 5.74) is 0. The summed E-state index contributed by atoms with van der Waals surface area (Å²) in [6, 6.07) is 1.70. The molecule has 0 heterocycles. The third-order valence-corrected chi connectivity index (χ3v) is 2.11. The molecule has 0 saturated carbocycles. The van der Waals surface area contributed by atoms with E-state index in [4.69, 9.17) is 30.6 Å². The molecule has 2 rings (SSSR count). The molecule has 1 aliphatic rings. The van der Waals surface area contributed by atoms with E-state index in [9.17, 15) is 9.59 Å². The summed E-state index contributed by atoms with van der Waals surface area (Å²) < 4.78 is 0. The van der Waals surface area contributed by atoms with Gasteiger partial charge in [-0.05, 0) is 0 Å². The first-order valence-corrected chi connectivity index (χ1v) is 5.06. The van der Waals surface area contributed by atoms with Crippen LogP contribution in [-0.2, 0) is 9.59 Å². The Hall–Kier alpha value is -3.16. The summed E-state index contributed by atoms with van der Waals surface area (Å²) >= 11 is 0. The van der Waals surface area contributed by atoms with Gasteiger partial charge in [-0.1, -0.05) is 0 Å². The fourth-order valence-corrected chi connectivity index (χ4v) is 1.09. The van der Waals surface area contributed by atoms with Gasteiger partial charge >= 0.3 is 0 Å². The number of allylic oxidation sites excluding steroid dienone is 2. The zero-order valence-electron chi connectivity index (χ0n) is 9.81. The van der Waals surface area contributed by atoms with Gasteiger partial charge in [-0.15, -0.1) is 0 Å². The lowest BCUT2D eigenvalue weighted by Gasteiger charge is -2.00. The molecular formula is C12H10O8. The number of carbonyl (C=O) groups excluding carboxylic acids is 2. The lowest BCUT2D eigenvalue weighted by molar-refractivity contribution is -0.118. The molecule has 0 radical (unpaired) electrons. The van der Waals surface area contributed by atoms with Crippen molar-refractivity contribution in [3.05, 3.63) is 35.8 Å². The zero-order valence-corrected chi connectivity index (χ0v) is 9.81. The highest BCUT2D eigenvalue weighted by molar-refractivity contribution is 6.17. The minimum Gasteiger partial charge on any atom is -0.504 e. The van der Waals surface area contributed by atoms with E-state index in [1.807, 2.05) is 0 Å². The number of carbonyl (C=O) groups is 2. The molecule has 0 saturated heterocycles. The van der Waals surface area contributed by atoms with E-state index < -0.39 is 46.1 Å². The molecule has 0 spiro atoms. The maximum atomic E-state index is 10.4. The van der Waals surface area contributed by atoms with Gasteiger partial charge in [0.15, 0.2) is 34.5 Å². The first-order valence-electron chi connectivity index (χ1n) is 5.06. The van der Waals surface area contributed by atoms with E-state index in [0.29, 0.717) is 12.2 Å². The number of hydrogen-bond donors (Lipinski definition) is 6. The minimum absolute atomic E-state index is 0.463. The summed E-state index contributed by atoms with van der Waals surface area (Å²) in [6.45, 7) is 0. The largest absolute Gasteiger partial charge is 0.504 e. The van der Waals surface area contributed by atoms with Gasteiger partial charge in [-0.25, -0.2) is 0 Å². The second-order valence-corrected chi connectivity index (χ2v) is 3.62. The van der Waals surface area contributed by atoms with Crippen molar-refractivity contribution in [2.24, 2.45) is 0 Å². The number of benzene rings is 1. The van der Waals surface area contributed by atoms with Crippen LogP contribution in [0.5, 0.6) is 23.0 Å². The van der Waals surface area contributed by atoms with Gasteiger partial charge in [0.25, 0.3) is 0 Å². The molecule has 1 aliphatic carbocycles. The van der Waals surface area contributed by atoms with Gasteiger partial charge in [-0.3, -0.25) is 9.59 Å². The summed E-state index contributed by atoms with van der Waals surface area (Å²) in [5.74, 6) is -4.63. The Morgan fingerprint density at radius 1 is 0.550 bits per heavy atom. The van der Waals surface area contributed by atoms with Crippen LogP contribution in [-0.4, -0.2) is 42.2 Å². The Morgan fingerprint density at radius 2 is 0.800 bits per heavy atom. The van der Waals surface area contributed by atoms with Crippen molar-refractivity contribution in [2.45, 2.75) is 0 Å². The number of hydrogen-bond acceptors (Lipinski definition) is 8. The van der Waals surface area contributed by atoms with Crippen LogP contribution in [0.25, 0.3) is 0 Å². The smallest absolute Gasteiger partial charge is 0.224 e. The average molecular weight is 282 g/mol. The third-order valence-electron chi connectivity index (χ3n) is 2.11. The molecule has 8 heteroatoms. The molecule has 0 aromatic heterocycles. The molecule has 0 amide bonds. The van der Waals surface area contributed by atoms with Crippen molar-refractivity contribution in [3.63, 3.8) is 0 Å². The van der Waals surface area contributed by atoms with Crippen LogP contribution in [0.4, 0.5) is 0 Å². The monoisotopic (exact) mass is 282 g/mol. The van der Waals surface area contributed by atoms with Crippen LogP contribution in [0.1, 0.15) is 0 Å². The molecule has 106 valence electrons. The number of ketones is 2. The molecule has 1 aromatic rings. The number of phenolic OH excluding ortho intramolecular Hbond substituents is 4. The minimum atomic E-state index is -0.753. The van der Waals surface area contributed by atoms with E-state index in [2.05, 4.69) is 0 Å². The van der Waals surface area contributed by atoms with Crippen molar-refractivity contribution in [3.8, 4) is 23.0 Å². The Labute approximate surface area is 111 Å². The summed E-state index contributed by atoms with van der Waals surface area (Å²) in [5, 5.41) is 52.0. The van der Waals surface area contributed by atoms with E-state index >= 15 is 0 Å². The van der Waals surface area contributed by atoms with Crippen LogP contribution < -0.4 is 0 Å². The fraction of sp³-hybridized carbons (Fsp3) is 0. The predicted octanol–water partition coefficient (Wildman–Crippen LogP) is 0.531. The van der Waals surface area contributed by atoms with Gasteiger partial charge in [0.2, 0.25) is 11.6 Å². The van der Waals surface area contributed by atoms with Crippen LogP contribution in [0.2, 0.25) is 0 Å². The molecular weight excluding hydrogens is 272 g/mol. The van der Waals surface area contributed by atoms with Crippen molar-refractivity contribution in [2.75, 3.05) is 0 Å². The Bertz CT molecular complexity index is 548. The van der Waals surface area contributed by atoms with E-state index in [-0.39, 0.29) is 0 Å². The molecule has 20 heavy (non-hydrogen) atoms. The number of aliphatic hydroxyl groups excluding tert-OH is 2. The van der Waals surface area contributed by atoms with Crippen molar-refractivity contribution in [1.29, 1.82) is 0 Å². The molecule has 0 aliphatic heterocycles. The topological polar surface area (TPSA) is 156 Å². The Kier molecular flexibility index (Phi) is 4.21. The van der Waals surface area contributed by atoms with Crippen LogP contribution in [0.3, 0.4) is 0 Å². The van der Waals surface area contributed by atoms with Crippen LogP contribution >= 0.6 is 0 Å². The highest BCUT2D eigenvalue weighted by Gasteiger charge is 2.17. The maximum Gasteiger partial charge on any atom is 0.224 e. The average Bonchev–Trinajstić information content (AvgIpc) is 2.35. The summed E-state index contributed by atoms with van der Waals surface area (Å²) in [7, 11) is 0. The van der Waals surface area contributed by atoms with Crippen molar-refractivity contribution < 1.29 is 40.2 Å². The quantitative estimate of drug-likeness (QED) is 0.228. The van der Waals surface area contributed by atoms with Crippen molar-refractivity contribution in [1.82, 2.24) is 0 Å². The van der Waals surface area contributed by atoms with Crippen LogP contribution in [0.15, 0.2) is 35.8 Å². The maximum absolute atomic E-state index is 10.4. The second kappa shape index (κ2) is 5.65. The van der Waals surface area contributed by atoms with Gasteiger partial charge in [0, 0.05) is 24.3 Å². The molecule has 0 unspecified atom stereocenters. The molecule has 1 aromatic carbocycles. The lowest BCUT2D eigenvalue weighted by atomic mass is 10.1. The molecule has 0 fully saturated rings. The molecule has 8 nitrogen and oxygen atoms in total. The van der Waals surface area contributed by atoms with Crippen molar-refractivity contribution >= 4 is 11.6 Å². The summed E-state index contributed by atoms with van der Waals surface area (Å²) in [4.78, 5) is 20.9.